The molecule has 1 amide bonds. The van der Waals surface area contributed by atoms with Crippen molar-refractivity contribution in [1.29, 1.82) is 0 Å². The van der Waals surface area contributed by atoms with Crippen LogP contribution in [0.4, 0.5) is 10.5 Å². The molecule has 4 bridgehead atoms. The van der Waals surface area contributed by atoms with Crippen LogP contribution >= 0.6 is 11.6 Å². The van der Waals surface area contributed by atoms with Gasteiger partial charge in [0.15, 0.2) is 0 Å². The minimum atomic E-state index is -0.312. The predicted octanol–water partition coefficient (Wildman–Crippen LogP) is 6.83. The molecule has 0 atom stereocenters. The maximum absolute atomic E-state index is 12.6. The number of hydrogen-bond donors (Lipinski definition) is 1. The highest BCUT2D eigenvalue weighted by Gasteiger charge is 2.53. The number of aryl methyl sites for hydroxylation is 1. The number of nitrogens with one attached hydrogen (secondary N) is 1. The van der Waals surface area contributed by atoms with Crippen LogP contribution in [-0.2, 0) is 4.74 Å². The van der Waals surface area contributed by atoms with Crippen molar-refractivity contribution in [1.82, 2.24) is 0 Å². The number of carbonyl (C=O) groups excluding carboxylic acids is 1. The summed E-state index contributed by atoms with van der Waals surface area (Å²) in [6, 6.07) is 13.9. The van der Waals surface area contributed by atoms with Crippen LogP contribution in [0.3, 0.4) is 0 Å². The van der Waals surface area contributed by atoms with E-state index in [1.807, 2.05) is 43.3 Å². The summed E-state index contributed by atoms with van der Waals surface area (Å²) in [5.74, 6) is 2.29. The van der Waals surface area contributed by atoms with Gasteiger partial charge < -0.3 is 4.74 Å². The van der Waals surface area contributed by atoms with Gasteiger partial charge in [-0.15, -0.1) is 0 Å². The molecule has 4 heteroatoms. The zero-order valence-corrected chi connectivity index (χ0v) is 17.0. The minimum absolute atomic E-state index is 0.211. The van der Waals surface area contributed by atoms with Gasteiger partial charge in [-0.2, -0.15) is 0 Å². The average molecular weight is 396 g/mol. The van der Waals surface area contributed by atoms with Gasteiger partial charge in [-0.1, -0.05) is 29.8 Å². The largest absolute Gasteiger partial charge is 0.443 e. The van der Waals surface area contributed by atoms with Gasteiger partial charge in [0.05, 0.1) is 0 Å². The van der Waals surface area contributed by atoms with Crippen molar-refractivity contribution in [3.8, 4) is 11.1 Å². The van der Waals surface area contributed by atoms with Crippen LogP contribution in [-0.4, -0.2) is 11.7 Å². The number of amides is 1. The van der Waals surface area contributed by atoms with E-state index in [0.29, 0.717) is 0 Å². The number of anilines is 1. The lowest BCUT2D eigenvalue weighted by molar-refractivity contribution is -0.124. The number of hydrogen-bond acceptors (Lipinski definition) is 2. The average Bonchev–Trinajstić information content (AvgIpc) is 2.59. The van der Waals surface area contributed by atoms with Crippen LogP contribution < -0.4 is 5.32 Å². The smallest absolute Gasteiger partial charge is 0.412 e. The van der Waals surface area contributed by atoms with Crippen molar-refractivity contribution in [3.63, 3.8) is 0 Å². The molecule has 1 N–H and O–H groups in total. The van der Waals surface area contributed by atoms with Gasteiger partial charge in [0.1, 0.15) is 5.60 Å². The highest BCUT2D eigenvalue weighted by molar-refractivity contribution is 6.31. The maximum atomic E-state index is 12.6. The van der Waals surface area contributed by atoms with Crippen molar-refractivity contribution < 1.29 is 9.53 Å². The molecule has 0 aliphatic heterocycles. The fourth-order valence-corrected chi connectivity index (χ4v) is 6.43. The molecule has 2 aromatic rings. The first-order valence-electron chi connectivity index (χ1n) is 10.3. The number of benzene rings is 2. The molecule has 0 aromatic heterocycles. The highest BCUT2D eigenvalue weighted by atomic mass is 35.5. The molecule has 4 saturated carbocycles. The topological polar surface area (TPSA) is 38.3 Å². The van der Waals surface area contributed by atoms with E-state index in [1.54, 1.807) is 0 Å². The summed E-state index contributed by atoms with van der Waals surface area (Å²) in [7, 11) is 0. The predicted molar refractivity (Wildman–Crippen MR) is 113 cm³/mol. The van der Waals surface area contributed by atoms with E-state index in [9.17, 15) is 4.79 Å². The molecule has 4 fully saturated rings. The van der Waals surface area contributed by atoms with Crippen LogP contribution in [0.5, 0.6) is 0 Å². The molecular formula is C24H26ClNO2. The molecule has 3 nitrogen and oxygen atoms in total. The Balaban J connectivity index is 1.26. The summed E-state index contributed by atoms with van der Waals surface area (Å²) < 4.78 is 6.03. The standard InChI is InChI=1S/C24H26ClNO2/c1-15-6-20(11-21(25)7-15)19-2-4-22(5-3-19)26-23(27)28-24-12-16-8-17(13-24)10-18(9-16)14-24/h2-7,11,16-18H,8-10,12-14H2,1H3,(H,26,27). The van der Waals surface area contributed by atoms with E-state index >= 15 is 0 Å². The lowest BCUT2D eigenvalue weighted by Crippen LogP contribution is -2.53. The highest BCUT2D eigenvalue weighted by Crippen LogP contribution is 2.57. The number of halogens is 1. The Hall–Kier alpha value is -2.00. The second kappa shape index (κ2) is 6.81. The fraction of sp³-hybridized carbons (Fsp3) is 0.458. The van der Waals surface area contributed by atoms with Gasteiger partial charge in [-0.25, -0.2) is 4.79 Å². The Bertz CT molecular complexity index is 850. The molecule has 2 aromatic carbocycles. The summed E-state index contributed by atoms with van der Waals surface area (Å²) in [6.45, 7) is 2.03. The zero-order chi connectivity index (χ0) is 19.3. The summed E-state index contributed by atoms with van der Waals surface area (Å²) in [5, 5.41) is 3.66. The van der Waals surface area contributed by atoms with Crippen molar-refractivity contribution >= 4 is 23.4 Å². The first kappa shape index (κ1) is 18.1. The number of ether oxygens (including phenoxy) is 1. The molecule has 0 radical (unpaired) electrons. The third-order valence-corrected chi connectivity index (χ3v) is 7.02. The zero-order valence-electron chi connectivity index (χ0n) is 16.2. The first-order valence-corrected chi connectivity index (χ1v) is 10.7. The van der Waals surface area contributed by atoms with Crippen molar-refractivity contribution in [2.75, 3.05) is 5.32 Å². The van der Waals surface area contributed by atoms with Gasteiger partial charge in [0.2, 0.25) is 0 Å². The van der Waals surface area contributed by atoms with E-state index in [2.05, 4.69) is 11.4 Å². The second-order valence-corrected chi connectivity index (χ2v) is 9.65. The molecule has 28 heavy (non-hydrogen) atoms. The normalized spacial score (nSPS) is 30.3. The van der Waals surface area contributed by atoms with E-state index in [-0.39, 0.29) is 11.7 Å². The van der Waals surface area contributed by atoms with Gasteiger partial charge in [0.25, 0.3) is 0 Å². The molecule has 4 aliphatic rings. The molecule has 0 spiro atoms. The van der Waals surface area contributed by atoms with Crippen LogP contribution in [0.2, 0.25) is 5.02 Å². The Morgan fingerprint density at radius 1 is 0.964 bits per heavy atom. The van der Waals surface area contributed by atoms with Gasteiger partial charge >= 0.3 is 6.09 Å². The summed E-state index contributed by atoms with van der Waals surface area (Å²) in [6.07, 6.45) is 6.88. The monoisotopic (exact) mass is 395 g/mol. The molecule has 0 heterocycles. The summed E-state index contributed by atoms with van der Waals surface area (Å²) >= 11 is 6.17. The Labute approximate surface area is 171 Å². The molecule has 0 saturated heterocycles. The molecule has 4 aliphatic carbocycles. The van der Waals surface area contributed by atoms with Crippen LogP contribution in [0, 0.1) is 24.7 Å². The summed E-state index contributed by atoms with van der Waals surface area (Å²) in [5.41, 5.74) is 3.83. The molecule has 0 unspecified atom stereocenters. The van der Waals surface area contributed by atoms with Crippen LogP contribution in [0.25, 0.3) is 11.1 Å². The molecule has 6 rings (SSSR count). The Morgan fingerprint density at radius 3 is 2.14 bits per heavy atom. The fourth-order valence-electron chi connectivity index (χ4n) is 6.15. The minimum Gasteiger partial charge on any atom is -0.443 e. The van der Waals surface area contributed by atoms with Crippen LogP contribution in [0.15, 0.2) is 42.5 Å². The van der Waals surface area contributed by atoms with E-state index in [4.69, 9.17) is 16.3 Å². The van der Waals surface area contributed by atoms with Gasteiger partial charge in [-0.3, -0.25) is 5.32 Å². The lowest BCUT2D eigenvalue weighted by atomic mass is 9.54. The van der Waals surface area contributed by atoms with Crippen molar-refractivity contribution in [3.05, 3.63) is 53.1 Å². The quantitative estimate of drug-likeness (QED) is 0.618. The lowest BCUT2D eigenvalue weighted by Gasteiger charge is -2.55. The Morgan fingerprint density at radius 2 is 1.57 bits per heavy atom. The SMILES string of the molecule is Cc1cc(Cl)cc(-c2ccc(NC(=O)OC34CC5CC(CC(C5)C3)C4)cc2)c1. The third kappa shape index (κ3) is 3.53. The number of rotatable bonds is 3. The first-order chi connectivity index (χ1) is 13.5. The molecule has 146 valence electrons. The summed E-state index contributed by atoms with van der Waals surface area (Å²) in [4.78, 5) is 12.6. The van der Waals surface area contributed by atoms with Gasteiger partial charge in [-0.05, 0) is 104 Å². The molecular weight excluding hydrogens is 370 g/mol. The van der Waals surface area contributed by atoms with E-state index < -0.39 is 0 Å². The van der Waals surface area contributed by atoms with E-state index in [0.717, 1.165) is 64.4 Å². The van der Waals surface area contributed by atoms with Gasteiger partial charge in [0, 0.05) is 10.7 Å². The second-order valence-electron chi connectivity index (χ2n) is 9.21. The Kier molecular flexibility index (Phi) is 4.39. The van der Waals surface area contributed by atoms with E-state index in [1.165, 1.54) is 19.3 Å². The third-order valence-electron chi connectivity index (χ3n) is 6.80. The van der Waals surface area contributed by atoms with Crippen molar-refractivity contribution in [2.45, 2.75) is 51.0 Å². The van der Waals surface area contributed by atoms with Crippen molar-refractivity contribution in [2.24, 2.45) is 17.8 Å². The maximum Gasteiger partial charge on any atom is 0.412 e. The van der Waals surface area contributed by atoms with Crippen LogP contribution in [0.1, 0.15) is 44.1 Å². The number of carbonyl (C=O) groups is 1.